The zero-order valence-corrected chi connectivity index (χ0v) is 13.7. The van der Waals surface area contributed by atoms with Crippen LogP contribution in [0.1, 0.15) is 43.7 Å². The van der Waals surface area contributed by atoms with Crippen molar-refractivity contribution in [2.75, 3.05) is 19.6 Å². The number of amides is 1. The molecular formula is C14H24Cl2N4O. The molecule has 1 aromatic rings. The molecule has 1 aliphatic heterocycles. The van der Waals surface area contributed by atoms with Gasteiger partial charge in [-0.25, -0.2) is 0 Å². The Morgan fingerprint density at radius 2 is 2.14 bits per heavy atom. The van der Waals surface area contributed by atoms with Crippen LogP contribution in [0.15, 0.2) is 12.4 Å². The van der Waals surface area contributed by atoms with Crippen LogP contribution < -0.4 is 5.32 Å². The number of nitrogens with zero attached hydrogens (tertiary/aromatic N) is 2. The van der Waals surface area contributed by atoms with Gasteiger partial charge in [-0.3, -0.25) is 9.89 Å². The summed E-state index contributed by atoms with van der Waals surface area (Å²) in [5.41, 5.74) is 1.13. The van der Waals surface area contributed by atoms with E-state index in [0.29, 0.717) is 6.54 Å². The average Bonchev–Trinajstić information content (AvgIpc) is 3.10. The summed E-state index contributed by atoms with van der Waals surface area (Å²) in [5.74, 6) is 1.05. The first-order valence-electron chi connectivity index (χ1n) is 7.33. The zero-order chi connectivity index (χ0) is 13.1. The summed E-state index contributed by atoms with van der Waals surface area (Å²) in [7, 11) is 0. The van der Waals surface area contributed by atoms with Gasteiger partial charge in [-0.15, -0.1) is 24.8 Å². The van der Waals surface area contributed by atoms with Gasteiger partial charge < -0.3 is 10.2 Å². The second-order valence-corrected chi connectivity index (χ2v) is 5.70. The summed E-state index contributed by atoms with van der Waals surface area (Å²) >= 11 is 0. The molecule has 7 heteroatoms. The highest BCUT2D eigenvalue weighted by atomic mass is 35.5. The maximum Gasteiger partial charge on any atom is 0.237 e. The molecule has 1 saturated heterocycles. The fourth-order valence-electron chi connectivity index (χ4n) is 2.83. The van der Waals surface area contributed by atoms with Crippen molar-refractivity contribution >= 4 is 30.7 Å². The second kappa shape index (κ2) is 8.61. The number of nitrogens with one attached hydrogen (secondary N) is 2. The lowest BCUT2D eigenvalue weighted by Crippen LogP contribution is -2.43. The first kappa shape index (κ1) is 18.3. The average molecular weight is 335 g/mol. The Morgan fingerprint density at radius 1 is 1.33 bits per heavy atom. The quantitative estimate of drug-likeness (QED) is 0.868. The minimum absolute atomic E-state index is 0. The van der Waals surface area contributed by atoms with E-state index in [0.717, 1.165) is 37.4 Å². The van der Waals surface area contributed by atoms with Crippen LogP contribution in [-0.4, -0.2) is 40.6 Å². The predicted molar refractivity (Wildman–Crippen MR) is 87.0 cm³/mol. The standard InChI is InChI=1S/C14H22N4O.2ClH/c19-14(10-15-7-11-4-5-11)18-6-2-1-3-13(18)12-8-16-17-9-12;;/h8-9,11,13,15H,1-7,10H2,(H,16,17);2*1H. The van der Waals surface area contributed by atoms with Gasteiger partial charge in [-0.05, 0) is 44.6 Å². The molecule has 3 rings (SSSR count). The van der Waals surface area contributed by atoms with E-state index in [2.05, 4.69) is 15.5 Å². The summed E-state index contributed by atoms with van der Waals surface area (Å²) < 4.78 is 0. The van der Waals surface area contributed by atoms with Crippen molar-refractivity contribution in [2.45, 2.75) is 38.1 Å². The van der Waals surface area contributed by atoms with Crippen molar-refractivity contribution in [1.82, 2.24) is 20.4 Å². The molecule has 2 fully saturated rings. The van der Waals surface area contributed by atoms with E-state index in [9.17, 15) is 4.79 Å². The van der Waals surface area contributed by atoms with E-state index >= 15 is 0 Å². The number of halogens is 2. The van der Waals surface area contributed by atoms with Crippen LogP contribution in [0.2, 0.25) is 0 Å². The summed E-state index contributed by atoms with van der Waals surface area (Å²) in [6.07, 6.45) is 9.75. The van der Waals surface area contributed by atoms with Crippen LogP contribution in [0.5, 0.6) is 0 Å². The van der Waals surface area contributed by atoms with Crippen molar-refractivity contribution in [3.8, 4) is 0 Å². The Morgan fingerprint density at radius 3 is 2.81 bits per heavy atom. The van der Waals surface area contributed by atoms with Gasteiger partial charge in [0.1, 0.15) is 0 Å². The third-order valence-electron chi connectivity index (χ3n) is 4.13. The highest BCUT2D eigenvalue weighted by Crippen LogP contribution is 2.30. The van der Waals surface area contributed by atoms with E-state index in [4.69, 9.17) is 0 Å². The Hall–Kier alpha value is -0.780. The number of carbonyl (C=O) groups excluding carboxylic acids is 1. The third-order valence-corrected chi connectivity index (χ3v) is 4.13. The first-order valence-corrected chi connectivity index (χ1v) is 7.33. The van der Waals surface area contributed by atoms with Gasteiger partial charge in [0, 0.05) is 18.3 Å². The fraction of sp³-hybridized carbons (Fsp3) is 0.714. The number of rotatable bonds is 5. The molecule has 0 radical (unpaired) electrons. The lowest BCUT2D eigenvalue weighted by atomic mass is 9.97. The Kier molecular flexibility index (Phi) is 7.49. The fourth-order valence-corrected chi connectivity index (χ4v) is 2.83. The molecule has 0 spiro atoms. The number of likely N-dealkylation sites (tertiary alicyclic amines) is 1. The summed E-state index contributed by atoms with van der Waals surface area (Å²) in [6, 6.07) is 0.211. The maximum absolute atomic E-state index is 12.3. The molecule has 0 bridgehead atoms. The third kappa shape index (κ3) is 4.87. The summed E-state index contributed by atoms with van der Waals surface area (Å²) in [6.45, 7) is 2.35. The van der Waals surface area contributed by atoms with Crippen molar-refractivity contribution in [1.29, 1.82) is 0 Å². The second-order valence-electron chi connectivity index (χ2n) is 5.70. The molecule has 120 valence electrons. The first-order chi connectivity index (χ1) is 9.34. The molecular weight excluding hydrogens is 311 g/mol. The van der Waals surface area contributed by atoms with Crippen molar-refractivity contribution in [2.24, 2.45) is 5.92 Å². The van der Waals surface area contributed by atoms with Gasteiger partial charge in [0.05, 0.1) is 18.8 Å². The SMILES string of the molecule is Cl.Cl.O=C(CNCC1CC1)N1CCCCC1c1cn[nH]c1. The van der Waals surface area contributed by atoms with Crippen molar-refractivity contribution in [3.63, 3.8) is 0 Å². The predicted octanol–water partition coefficient (Wildman–Crippen LogP) is 2.31. The van der Waals surface area contributed by atoms with Gasteiger partial charge in [0.2, 0.25) is 5.91 Å². The number of hydrogen-bond acceptors (Lipinski definition) is 3. The van der Waals surface area contributed by atoms with Crippen LogP contribution in [-0.2, 0) is 4.79 Å². The van der Waals surface area contributed by atoms with Crippen LogP contribution in [0.25, 0.3) is 0 Å². The van der Waals surface area contributed by atoms with E-state index in [1.165, 1.54) is 19.3 Å². The highest BCUT2D eigenvalue weighted by molar-refractivity contribution is 5.85. The van der Waals surface area contributed by atoms with Crippen LogP contribution in [0.4, 0.5) is 0 Å². The van der Waals surface area contributed by atoms with Crippen molar-refractivity contribution in [3.05, 3.63) is 18.0 Å². The molecule has 2 aliphatic rings. The highest BCUT2D eigenvalue weighted by Gasteiger charge is 2.28. The van der Waals surface area contributed by atoms with E-state index in [-0.39, 0.29) is 36.8 Å². The van der Waals surface area contributed by atoms with E-state index < -0.39 is 0 Å². The minimum atomic E-state index is 0. The maximum atomic E-state index is 12.3. The molecule has 0 aromatic carbocycles. The molecule has 1 atom stereocenters. The summed E-state index contributed by atoms with van der Waals surface area (Å²) in [5, 5.41) is 10.2. The molecule has 1 unspecified atom stereocenters. The molecule has 1 aromatic heterocycles. The van der Waals surface area contributed by atoms with E-state index in [1.54, 1.807) is 0 Å². The van der Waals surface area contributed by atoms with Gasteiger partial charge in [0.25, 0.3) is 0 Å². The molecule has 2 N–H and O–H groups in total. The number of H-pyrrole nitrogens is 1. The molecule has 1 saturated carbocycles. The molecule has 1 amide bonds. The van der Waals surface area contributed by atoms with Crippen molar-refractivity contribution < 1.29 is 4.79 Å². The van der Waals surface area contributed by atoms with Crippen LogP contribution in [0.3, 0.4) is 0 Å². The van der Waals surface area contributed by atoms with E-state index in [1.807, 2.05) is 17.3 Å². The van der Waals surface area contributed by atoms with Gasteiger partial charge in [0.15, 0.2) is 0 Å². The lowest BCUT2D eigenvalue weighted by Gasteiger charge is -2.35. The number of piperidine rings is 1. The minimum Gasteiger partial charge on any atom is -0.334 e. The molecule has 2 heterocycles. The van der Waals surface area contributed by atoms with Gasteiger partial charge in [-0.1, -0.05) is 0 Å². The van der Waals surface area contributed by atoms with Gasteiger partial charge >= 0.3 is 0 Å². The largest absolute Gasteiger partial charge is 0.334 e. The topological polar surface area (TPSA) is 61.0 Å². The number of carbonyl (C=O) groups is 1. The smallest absolute Gasteiger partial charge is 0.237 e. The monoisotopic (exact) mass is 334 g/mol. The molecule has 21 heavy (non-hydrogen) atoms. The Balaban J connectivity index is 0.00000110. The lowest BCUT2D eigenvalue weighted by molar-refractivity contribution is -0.134. The Bertz CT molecular complexity index is 423. The number of hydrogen-bond donors (Lipinski definition) is 2. The summed E-state index contributed by atoms with van der Waals surface area (Å²) in [4.78, 5) is 14.4. The number of aromatic amines is 1. The zero-order valence-electron chi connectivity index (χ0n) is 12.1. The molecule has 5 nitrogen and oxygen atoms in total. The Labute approximate surface area is 138 Å². The number of aromatic nitrogens is 2. The molecule has 1 aliphatic carbocycles. The van der Waals surface area contributed by atoms with Gasteiger partial charge in [-0.2, -0.15) is 5.10 Å². The normalized spacial score (nSPS) is 21.3. The van der Waals surface area contributed by atoms with Crippen LogP contribution >= 0.6 is 24.8 Å². The van der Waals surface area contributed by atoms with Crippen LogP contribution in [0, 0.1) is 5.92 Å².